The molecule has 7 nitrogen and oxygen atoms in total. The van der Waals surface area contributed by atoms with Crippen LogP contribution in [0.2, 0.25) is 0 Å². The number of aliphatic imine (C=N–C) groups is 1. The zero-order chi connectivity index (χ0) is 21.8. The Kier molecular flexibility index (Phi) is 5.49. The Balaban J connectivity index is 2.00. The number of aromatic nitrogens is 2. The Morgan fingerprint density at radius 1 is 0.806 bits per heavy atom. The molecule has 0 bridgehead atoms. The molecular formula is C24H19N3O4. The van der Waals surface area contributed by atoms with Gasteiger partial charge in [-0.1, -0.05) is 48.5 Å². The highest BCUT2D eigenvalue weighted by atomic mass is 16.5. The van der Waals surface area contributed by atoms with Gasteiger partial charge < -0.3 is 9.84 Å². The van der Waals surface area contributed by atoms with Gasteiger partial charge in [-0.15, -0.1) is 0 Å². The Hall–Kier alpha value is -4.39. The lowest BCUT2D eigenvalue weighted by molar-refractivity contribution is 0.416. The highest BCUT2D eigenvalue weighted by Crippen LogP contribution is 2.26. The number of nitrogens with zero attached hydrogens (tertiary/aromatic N) is 3. The minimum Gasteiger partial charge on any atom is -0.494 e. The van der Waals surface area contributed by atoms with Crippen LogP contribution in [0.5, 0.6) is 11.6 Å². The topological polar surface area (TPSA) is 85.8 Å². The fourth-order valence-corrected chi connectivity index (χ4v) is 3.21. The van der Waals surface area contributed by atoms with Crippen LogP contribution >= 0.6 is 0 Å². The summed E-state index contributed by atoms with van der Waals surface area (Å²) in [5.74, 6) is 0.0186. The number of benzene rings is 3. The molecule has 154 valence electrons. The van der Waals surface area contributed by atoms with Crippen LogP contribution in [0.25, 0.3) is 11.4 Å². The van der Waals surface area contributed by atoms with E-state index in [1.165, 1.54) is 13.3 Å². The van der Waals surface area contributed by atoms with Crippen molar-refractivity contribution in [3.8, 4) is 23.0 Å². The van der Waals surface area contributed by atoms with Crippen molar-refractivity contribution in [3.63, 3.8) is 0 Å². The lowest BCUT2D eigenvalue weighted by Crippen LogP contribution is -2.40. The number of hydrogen-bond donors (Lipinski definition) is 1. The maximum atomic E-state index is 13.2. The summed E-state index contributed by atoms with van der Waals surface area (Å²) >= 11 is 0. The fraction of sp³-hybridized carbons (Fsp3) is 0.0417. The number of hydrogen-bond acceptors (Lipinski definition) is 5. The van der Waals surface area contributed by atoms with E-state index in [2.05, 4.69) is 4.99 Å². The van der Waals surface area contributed by atoms with Crippen LogP contribution in [0.3, 0.4) is 0 Å². The molecule has 7 heteroatoms. The molecule has 1 aromatic heterocycles. The van der Waals surface area contributed by atoms with Crippen LogP contribution in [-0.4, -0.2) is 27.6 Å². The minimum absolute atomic E-state index is 0.127. The molecule has 4 aromatic rings. The van der Waals surface area contributed by atoms with Gasteiger partial charge in [0.1, 0.15) is 17.0 Å². The van der Waals surface area contributed by atoms with Gasteiger partial charge in [-0.2, -0.15) is 0 Å². The zero-order valence-corrected chi connectivity index (χ0v) is 16.7. The van der Waals surface area contributed by atoms with Gasteiger partial charge in [0.05, 0.1) is 18.5 Å². The summed E-state index contributed by atoms with van der Waals surface area (Å²) in [6.45, 7) is 0. The first-order valence-corrected chi connectivity index (χ1v) is 9.51. The van der Waals surface area contributed by atoms with E-state index in [1.54, 1.807) is 84.9 Å². The molecule has 3 aromatic carbocycles. The molecule has 0 saturated carbocycles. The second kappa shape index (κ2) is 8.54. The van der Waals surface area contributed by atoms with E-state index in [1.807, 2.05) is 0 Å². The quantitative estimate of drug-likeness (QED) is 0.508. The third kappa shape index (κ3) is 3.76. The maximum Gasteiger partial charge on any atom is 0.343 e. The number of rotatable bonds is 5. The number of para-hydroxylation sites is 4. The summed E-state index contributed by atoms with van der Waals surface area (Å²) in [5, 5.41) is 10.9. The van der Waals surface area contributed by atoms with Crippen molar-refractivity contribution in [2.75, 3.05) is 7.11 Å². The van der Waals surface area contributed by atoms with Crippen molar-refractivity contribution in [1.82, 2.24) is 9.13 Å². The van der Waals surface area contributed by atoms with Crippen molar-refractivity contribution < 1.29 is 9.84 Å². The average molecular weight is 413 g/mol. The fourth-order valence-electron chi connectivity index (χ4n) is 3.21. The van der Waals surface area contributed by atoms with E-state index in [-0.39, 0.29) is 5.56 Å². The molecule has 0 radical (unpaired) electrons. The number of ether oxygens (including phenoxy) is 1. The zero-order valence-electron chi connectivity index (χ0n) is 16.7. The van der Waals surface area contributed by atoms with Crippen LogP contribution in [0.15, 0.2) is 99.5 Å². The highest BCUT2D eigenvalue weighted by molar-refractivity contribution is 5.85. The monoisotopic (exact) mass is 413 g/mol. The van der Waals surface area contributed by atoms with Gasteiger partial charge >= 0.3 is 5.69 Å². The number of methoxy groups -OCH3 is 1. The Bertz CT molecular complexity index is 1360. The van der Waals surface area contributed by atoms with E-state index in [9.17, 15) is 14.7 Å². The standard InChI is InChI=1S/C24H19N3O4/c1-31-21-15-9-8-14-20(21)25-16-19-22(28)26(17-10-4-2-5-11-17)24(30)27(23(19)29)18-12-6-3-7-13-18/h2-16,28H,1H3. The van der Waals surface area contributed by atoms with Crippen LogP contribution in [-0.2, 0) is 0 Å². The third-order valence-corrected chi connectivity index (χ3v) is 4.72. The minimum atomic E-state index is -0.686. The van der Waals surface area contributed by atoms with Crippen molar-refractivity contribution in [3.05, 3.63) is 111 Å². The molecule has 0 aliphatic rings. The molecular weight excluding hydrogens is 394 g/mol. The molecule has 1 N–H and O–H groups in total. The van der Waals surface area contributed by atoms with Gasteiger partial charge in [0.15, 0.2) is 0 Å². The van der Waals surface area contributed by atoms with Gasteiger partial charge in [0.2, 0.25) is 5.88 Å². The Morgan fingerprint density at radius 2 is 1.35 bits per heavy atom. The summed E-state index contributed by atoms with van der Waals surface area (Å²) in [6.07, 6.45) is 1.24. The van der Waals surface area contributed by atoms with E-state index >= 15 is 0 Å². The lowest BCUT2D eigenvalue weighted by Gasteiger charge is -2.14. The first kappa shape index (κ1) is 19.9. The molecule has 0 fully saturated rings. The van der Waals surface area contributed by atoms with Crippen LogP contribution in [0.1, 0.15) is 5.56 Å². The first-order valence-electron chi connectivity index (χ1n) is 9.51. The lowest BCUT2D eigenvalue weighted by atomic mass is 10.2. The van der Waals surface area contributed by atoms with Crippen molar-refractivity contribution in [1.29, 1.82) is 0 Å². The van der Waals surface area contributed by atoms with Crippen molar-refractivity contribution in [2.45, 2.75) is 0 Å². The second-order valence-corrected chi connectivity index (χ2v) is 6.60. The molecule has 0 saturated heterocycles. The van der Waals surface area contributed by atoms with Crippen LogP contribution in [0.4, 0.5) is 5.69 Å². The molecule has 0 spiro atoms. The Morgan fingerprint density at radius 3 is 1.97 bits per heavy atom. The normalized spacial score (nSPS) is 11.0. The molecule has 4 rings (SSSR count). The average Bonchev–Trinajstić information content (AvgIpc) is 2.80. The van der Waals surface area contributed by atoms with Gasteiger partial charge in [-0.3, -0.25) is 9.79 Å². The van der Waals surface area contributed by atoms with E-state index in [0.29, 0.717) is 22.8 Å². The molecule has 0 atom stereocenters. The van der Waals surface area contributed by atoms with Gasteiger partial charge in [-0.25, -0.2) is 13.9 Å². The summed E-state index contributed by atoms with van der Waals surface area (Å²) in [5.41, 5.74) is -0.213. The summed E-state index contributed by atoms with van der Waals surface area (Å²) in [4.78, 5) is 30.8. The molecule has 0 amide bonds. The van der Waals surface area contributed by atoms with Gasteiger partial charge in [-0.05, 0) is 36.4 Å². The third-order valence-electron chi connectivity index (χ3n) is 4.72. The molecule has 0 unspecified atom stereocenters. The smallest absolute Gasteiger partial charge is 0.343 e. The highest BCUT2D eigenvalue weighted by Gasteiger charge is 2.20. The molecule has 0 aliphatic carbocycles. The molecule has 31 heavy (non-hydrogen) atoms. The summed E-state index contributed by atoms with van der Waals surface area (Å²) < 4.78 is 7.38. The second-order valence-electron chi connectivity index (χ2n) is 6.60. The summed E-state index contributed by atoms with van der Waals surface area (Å²) in [6, 6.07) is 24.2. The van der Waals surface area contributed by atoms with Crippen LogP contribution < -0.4 is 16.0 Å². The van der Waals surface area contributed by atoms with Crippen molar-refractivity contribution in [2.24, 2.45) is 4.99 Å². The molecule has 0 aliphatic heterocycles. The first-order chi connectivity index (χ1) is 15.1. The summed E-state index contributed by atoms with van der Waals surface area (Å²) in [7, 11) is 1.52. The van der Waals surface area contributed by atoms with E-state index in [0.717, 1.165) is 9.13 Å². The van der Waals surface area contributed by atoms with Crippen LogP contribution in [0, 0.1) is 0 Å². The number of aromatic hydroxyl groups is 1. The SMILES string of the molecule is COc1ccccc1N=Cc1c(O)n(-c2ccccc2)c(=O)n(-c2ccccc2)c1=O. The maximum absolute atomic E-state index is 13.2. The predicted octanol–water partition coefficient (Wildman–Crippen LogP) is 3.45. The van der Waals surface area contributed by atoms with Gasteiger partial charge in [0, 0.05) is 6.21 Å². The van der Waals surface area contributed by atoms with E-state index in [4.69, 9.17) is 4.74 Å². The molecule has 1 heterocycles. The van der Waals surface area contributed by atoms with Crippen molar-refractivity contribution >= 4 is 11.9 Å². The Labute approximate surface area is 177 Å². The van der Waals surface area contributed by atoms with E-state index < -0.39 is 17.1 Å². The van der Waals surface area contributed by atoms with Gasteiger partial charge in [0.25, 0.3) is 5.56 Å². The largest absolute Gasteiger partial charge is 0.494 e. The predicted molar refractivity (Wildman–Crippen MR) is 120 cm³/mol.